The molecule has 0 saturated heterocycles. The predicted molar refractivity (Wildman–Crippen MR) is 64.2 cm³/mol. The summed E-state index contributed by atoms with van der Waals surface area (Å²) in [6.07, 6.45) is 3.10. The minimum atomic E-state index is 0.624. The van der Waals surface area contributed by atoms with Crippen LogP contribution in [-0.2, 0) is 17.8 Å². The highest BCUT2D eigenvalue weighted by molar-refractivity contribution is 6.31. The first-order valence-electron chi connectivity index (χ1n) is 5.25. The average molecular weight is 228 g/mol. The molecule has 1 aromatic rings. The summed E-state index contributed by atoms with van der Waals surface area (Å²) in [5, 5.41) is 0.835. The minimum Gasteiger partial charge on any atom is -0.380 e. The summed E-state index contributed by atoms with van der Waals surface area (Å²) in [7, 11) is 1.70. The molecule has 84 valence electrons. The number of hydrogen-bond donors (Lipinski definition) is 1. The molecule has 0 aliphatic rings. The molecule has 2 N–H and O–H groups in total. The summed E-state index contributed by atoms with van der Waals surface area (Å²) in [6, 6.07) is 5.95. The van der Waals surface area contributed by atoms with Gasteiger partial charge in [-0.3, -0.25) is 0 Å². The first kappa shape index (κ1) is 12.5. The second-order valence-corrected chi connectivity index (χ2v) is 3.96. The normalized spacial score (nSPS) is 10.6. The highest BCUT2D eigenvalue weighted by atomic mass is 35.5. The Balaban J connectivity index is 2.72. The van der Waals surface area contributed by atoms with Gasteiger partial charge in [0.2, 0.25) is 0 Å². The topological polar surface area (TPSA) is 35.2 Å². The van der Waals surface area contributed by atoms with Crippen LogP contribution < -0.4 is 5.73 Å². The van der Waals surface area contributed by atoms with E-state index in [2.05, 4.69) is 6.07 Å². The van der Waals surface area contributed by atoms with Gasteiger partial charge in [0, 0.05) is 12.1 Å². The van der Waals surface area contributed by atoms with Crippen molar-refractivity contribution in [3.05, 3.63) is 34.3 Å². The molecule has 15 heavy (non-hydrogen) atoms. The second-order valence-electron chi connectivity index (χ2n) is 3.56. The van der Waals surface area contributed by atoms with Crippen LogP contribution in [-0.4, -0.2) is 13.7 Å². The van der Waals surface area contributed by atoms with E-state index in [-0.39, 0.29) is 0 Å². The van der Waals surface area contributed by atoms with Crippen LogP contribution in [0.25, 0.3) is 0 Å². The van der Waals surface area contributed by atoms with Gasteiger partial charge in [-0.15, -0.1) is 0 Å². The molecule has 0 aliphatic carbocycles. The van der Waals surface area contributed by atoms with Crippen molar-refractivity contribution in [2.75, 3.05) is 13.7 Å². The van der Waals surface area contributed by atoms with Crippen molar-refractivity contribution in [3.63, 3.8) is 0 Å². The first-order chi connectivity index (χ1) is 7.29. The second kappa shape index (κ2) is 6.83. The summed E-state index contributed by atoms with van der Waals surface area (Å²) in [4.78, 5) is 0. The van der Waals surface area contributed by atoms with E-state index in [4.69, 9.17) is 22.1 Å². The standard InChI is InChI=1S/C12H18ClNO/c1-15-9-10-5-4-7-12(13)11(10)6-2-3-8-14/h4-5,7H,2-3,6,8-9,14H2,1H3. The lowest BCUT2D eigenvalue weighted by atomic mass is 10.0. The molecule has 1 rings (SSSR count). The highest BCUT2D eigenvalue weighted by Gasteiger charge is 2.06. The fourth-order valence-electron chi connectivity index (χ4n) is 1.62. The van der Waals surface area contributed by atoms with E-state index in [1.807, 2.05) is 12.1 Å². The van der Waals surface area contributed by atoms with Crippen LogP contribution in [0.4, 0.5) is 0 Å². The maximum Gasteiger partial charge on any atom is 0.0716 e. The molecule has 2 nitrogen and oxygen atoms in total. The van der Waals surface area contributed by atoms with E-state index in [1.165, 1.54) is 11.1 Å². The van der Waals surface area contributed by atoms with Gasteiger partial charge in [-0.2, -0.15) is 0 Å². The maximum absolute atomic E-state index is 6.16. The molecule has 0 spiro atoms. The summed E-state index contributed by atoms with van der Waals surface area (Å²) < 4.78 is 5.15. The molecule has 0 atom stereocenters. The third-order valence-corrected chi connectivity index (χ3v) is 2.75. The summed E-state index contributed by atoms with van der Waals surface area (Å²) >= 11 is 6.16. The van der Waals surface area contributed by atoms with Gasteiger partial charge in [0.15, 0.2) is 0 Å². The van der Waals surface area contributed by atoms with E-state index >= 15 is 0 Å². The quantitative estimate of drug-likeness (QED) is 0.759. The van der Waals surface area contributed by atoms with Gasteiger partial charge in [-0.1, -0.05) is 23.7 Å². The number of nitrogens with two attached hydrogens (primary N) is 1. The molecule has 0 heterocycles. The Hall–Kier alpha value is -0.570. The Morgan fingerprint density at radius 1 is 1.33 bits per heavy atom. The molecule has 0 aromatic heterocycles. The number of benzene rings is 1. The molecule has 0 fully saturated rings. The van der Waals surface area contributed by atoms with Gasteiger partial charge in [0.25, 0.3) is 0 Å². The molecule has 3 heteroatoms. The number of hydrogen-bond acceptors (Lipinski definition) is 2. The fourth-order valence-corrected chi connectivity index (χ4v) is 1.91. The van der Waals surface area contributed by atoms with Crippen LogP contribution in [0, 0.1) is 0 Å². The number of rotatable bonds is 6. The van der Waals surface area contributed by atoms with Crippen LogP contribution in [0.2, 0.25) is 5.02 Å². The third-order valence-electron chi connectivity index (χ3n) is 2.40. The monoisotopic (exact) mass is 227 g/mol. The van der Waals surface area contributed by atoms with Crippen LogP contribution in [0.3, 0.4) is 0 Å². The number of halogens is 1. The Kier molecular flexibility index (Phi) is 5.69. The summed E-state index contributed by atoms with van der Waals surface area (Å²) in [6.45, 7) is 1.36. The van der Waals surface area contributed by atoms with E-state index < -0.39 is 0 Å². The largest absolute Gasteiger partial charge is 0.380 e. The zero-order valence-corrected chi connectivity index (χ0v) is 9.89. The van der Waals surface area contributed by atoms with Gasteiger partial charge in [-0.05, 0) is 43.0 Å². The van der Waals surface area contributed by atoms with Crippen molar-refractivity contribution in [1.82, 2.24) is 0 Å². The van der Waals surface area contributed by atoms with Crippen molar-refractivity contribution in [1.29, 1.82) is 0 Å². The average Bonchev–Trinajstić information content (AvgIpc) is 2.23. The van der Waals surface area contributed by atoms with Gasteiger partial charge in [-0.25, -0.2) is 0 Å². The van der Waals surface area contributed by atoms with Crippen molar-refractivity contribution >= 4 is 11.6 Å². The molecule has 0 unspecified atom stereocenters. The van der Waals surface area contributed by atoms with Crippen molar-refractivity contribution in [2.45, 2.75) is 25.9 Å². The Bertz CT molecular complexity index is 302. The number of unbranched alkanes of at least 4 members (excludes halogenated alkanes) is 1. The number of ether oxygens (including phenoxy) is 1. The van der Waals surface area contributed by atoms with Crippen molar-refractivity contribution in [2.24, 2.45) is 5.73 Å². The number of methoxy groups -OCH3 is 1. The minimum absolute atomic E-state index is 0.624. The third kappa shape index (κ3) is 3.82. The molecular formula is C12H18ClNO. The molecule has 0 radical (unpaired) electrons. The molecule has 0 amide bonds. The molecule has 0 saturated carbocycles. The van der Waals surface area contributed by atoms with Crippen molar-refractivity contribution < 1.29 is 4.74 Å². The van der Waals surface area contributed by atoms with Gasteiger partial charge in [0.05, 0.1) is 6.61 Å². The lowest BCUT2D eigenvalue weighted by molar-refractivity contribution is 0.184. The highest BCUT2D eigenvalue weighted by Crippen LogP contribution is 2.22. The van der Waals surface area contributed by atoms with Crippen LogP contribution in [0.1, 0.15) is 24.0 Å². The van der Waals surface area contributed by atoms with Crippen molar-refractivity contribution in [3.8, 4) is 0 Å². The van der Waals surface area contributed by atoms with E-state index in [9.17, 15) is 0 Å². The maximum atomic E-state index is 6.16. The SMILES string of the molecule is COCc1cccc(Cl)c1CCCCN. The lowest BCUT2D eigenvalue weighted by Gasteiger charge is -2.10. The van der Waals surface area contributed by atoms with Crippen LogP contribution in [0.15, 0.2) is 18.2 Å². The van der Waals surface area contributed by atoms with Gasteiger partial charge < -0.3 is 10.5 Å². The molecular weight excluding hydrogens is 210 g/mol. The first-order valence-corrected chi connectivity index (χ1v) is 5.62. The van der Waals surface area contributed by atoms with Crippen LogP contribution >= 0.6 is 11.6 Å². The molecule has 0 bridgehead atoms. The Labute approximate surface area is 96.4 Å². The van der Waals surface area contributed by atoms with Crippen LogP contribution in [0.5, 0.6) is 0 Å². The van der Waals surface area contributed by atoms with E-state index in [1.54, 1.807) is 7.11 Å². The lowest BCUT2D eigenvalue weighted by Crippen LogP contribution is -2.01. The fraction of sp³-hybridized carbons (Fsp3) is 0.500. The smallest absolute Gasteiger partial charge is 0.0716 e. The zero-order chi connectivity index (χ0) is 11.1. The predicted octanol–water partition coefficient (Wildman–Crippen LogP) is 2.77. The zero-order valence-electron chi connectivity index (χ0n) is 9.13. The summed E-state index contributed by atoms with van der Waals surface area (Å²) in [5.41, 5.74) is 7.86. The Morgan fingerprint density at radius 3 is 2.80 bits per heavy atom. The molecule has 1 aromatic carbocycles. The Morgan fingerprint density at radius 2 is 2.13 bits per heavy atom. The summed E-state index contributed by atoms with van der Waals surface area (Å²) in [5.74, 6) is 0. The van der Waals surface area contributed by atoms with E-state index in [0.717, 1.165) is 30.8 Å². The van der Waals surface area contributed by atoms with Gasteiger partial charge >= 0.3 is 0 Å². The molecule has 0 aliphatic heterocycles. The van der Waals surface area contributed by atoms with E-state index in [0.29, 0.717) is 6.61 Å². The van der Waals surface area contributed by atoms with Gasteiger partial charge in [0.1, 0.15) is 0 Å².